The molecule has 1 aromatic heterocycles. The molecule has 0 saturated carbocycles. The Kier molecular flexibility index (Phi) is 3.33. The minimum absolute atomic E-state index is 0.171. The van der Waals surface area contributed by atoms with Gasteiger partial charge in [0.2, 0.25) is 0 Å². The van der Waals surface area contributed by atoms with Crippen molar-refractivity contribution < 1.29 is 13.2 Å². The number of hydrogen-bond acceptors (Lipinski definition) is 5. The Morgan fingerprint density at radius 3 is 2.44 bits per heavy atom. The van der Waals surface area contributed by atoms with Crippen LogP contribution in [0.5, 0.6) is 5.75 Å². The van der Waals surface area contributed by atoms with Gasteiger partial charge in [-0.05, 0) is 24.3 Å². The number of nitrogens with zero attached hydrogens (tertiary/aromatic N) is 3. The lowest BCUT2D eigenvalue weighted by Crippen LogP contribution is -2.09. The molecule has 0 bridgehead atoms. The molecular weight excluding hydrogens is 254 g/mol. The summed E-state index contributed by atoms with van der Waals surface area (Å²) in [5.41, 5.74) is 0. The number of rotatable bonds is 4. The second-order valence-corrected chi connectivity index (χ2v) is 5.72. The first kappa shape index (κ1) is 12.6. The van der Waals surface area contributed by atoms with Crippen molar-refractivity contribution in [2.45, 2.75) is 10.6 Å². The van der Waals surface area contributed by atoms with Crippen LogP contribution in [0.2, 0.25) is 0 Å². The van der Waals surface area contributed by atoms with E-state index in [1.807, 2.05) is 0 Å². The third-order valence-electron chi connectivity index (χ3n) is 2.54. The quantitative estimate of drug-likeness (QED) is 0.819. The fraction of sp³-hybridized carbons (Fsp3) is 0.273. The molecule has 6 nitrogen and oxygen atoms in total. The van der Waals surface area contributed by atoms with Crippen LogP contribution >= 0.6 is 0 Å². The van der Waals surface area contributed by atoms with E-state index in [1.165, 1.54) is 30.3 Å². The Hall–Kier alpha value is -1.89. The molecule has 0 spiro atoms. The van der Waals surface area contributed by atoms with Crippen LogP contribution in [0.3, 0.4) is 0 Å². The van der Waals surface area contributed by atoms with Gasteiger partial charge in [0.1, 0.15) is 23.7 Å². The monoisotopic (exact) mass is 267 g/mol. The van der Waals surface area contributed by atoms with E-state index < -0.39 is 9.84 Å². The highest BCUT2D eigenvalue weighted by Gasteiger charge is 2.18. The van der Waals surface area contributed by atoms with Crippen LogP contribution in [0.1, 0.15) is 5.82 Å². The minimum atomic E-state index is -3.41. The predicted molar refractivity (Wildman–Crippen MR) is 64.9 cm³/mol. The Labute approximate surface area is 105 Å². The normalized spacial score (nSPS) is 11.4. The summed E-state index contributed by atoms with van der Waals surface area (Å²) in [5, 5.41) is 3.84. The Morgan fingerprint density at radius 2 is 1.94 bits per heavy atom. The highest BCUT2D eigenvalue weighted by molar-refractivity contribution is 7.90. The largest absolute Gasteiger partial charge is 0.497 e. The lowest BCUT2D eigenvalue weighted by Gasteiger charge is -2.05. The highest BCUT2D eigenvalue weighted by atomic mass is 32.2. The minimum Gasteiger partial charge on any atom is -0.497 e. The van der Waals surface area contributed by atoms with Gasteiger partial charge in [-0.2, -0.15) is 5.10 Å². The van der Waals surface area contributed by atoms with Crippen molar-refractivity contribution in [2.24, 2.45) is 7.05 Å². The van der Waals surface area contributed by atoms with Gasteiger partial charge in [0, 0.05) is 7.05 Å². The van der Waals surface area contributed by atoms with E-state index in [2.05, 4.69) is 10.1 Å². The van der Waals surface area contributed by atoms with Crippen LogP contribution in [0.15, 0.2) is 35.5 Å². The molecule has 96 valence electrons. The van der Waals surface area contributed by atoms with E-state index in [0.717, 1.165) is 0 Å². The maximum Gasteiger partial charge on any atom is 0.185 e. The summed E-state index contributed by atoms with van der Waals surface area (Å²) < 4.78 is 30.7. The van der Waals surface area contributed by atoms with Gasteiger partial charge in [-0.25, -0.2) is 13.4 Å². The molecule has 0 saturated heterocycles. The van der Waals surface area contributed by atoms with Gasteiger partial charge in [-0.1, -0.05) is 0 Å². The highest BCUT2D eigenvalue weighted by Crippen LogP contribution is 2.18. The fourth-order valence-electron chi connectivity index (χ4n) is 1.49. The zero-order valence-electron chi connectivity index (χ0n) is 10.1. The average molecular weight is 267 g/mol. The Morgan fingerprint density at radius 1 is 1.28 bits per heavy atom. The zero-order valence-corrected chi connectivity index (χ0v) is 10.9. The molecule has 0 N–H and O–H groups in total. The molecule has 0 radical (unpaired) electrons. The van der Waals surface area contributed by atoms with Gasteiger partial charge >= 0.3 is 0 Å². The topological polar surface area (TPSA) is 74.1 Å². The van der Waals surface area contributed by atoms with Crippen molar-refractivity contribution in [1.82, 2.24) is 14.8 Å². The Bertz CT molecular complexity index is 632. The molecule has 0 aliphatic rings. The van der Waals surface area contributed by atoms with Crippen LogP contribution in [0, 0.1) is 0 Å². The molecule has 7 heteroatoms. The molecule has 2 rings (SSSR count). The van der Waals surface area contributed by atoms with Gasteiger partial charge < -0.3 is 4.74 Å². The number of benzene rings is 1. The lowest BCUT2D eigenvalue weighted by molar-refractivity contribution is 0.414. The van der Waals surface area contributed by atoms with Crippen LogP contribution < -0.4 is 4.74 Å². The molecule has 1 aromatic carbocycles. The standard InChI is InChI=1S/C11H13N3O3S/c1-14-11(12-8-13-14)7-18(15,16)10-5-3-9(17-2)4-6-10/h3-6,8H,7H2,1-2H3. The first-order chi connectivity index (χ1) is 8.53. The molecule has 0 aliphatic heterocycles. The van der Waals surface area contributed by atoms with E-state index in [0.29, 0.717) is 11.6 Å². The molecule has 0 aliphatic carbocycles. The molecular formula is C11H13N3O3S. The van der Waals surface area contributed by atoms with Gasteiger partial charge in [-0.3, -0.25) is 4.68 Å². The second kappa shape index (κ2) is 4.77. The summed E-state index contributed by atoms with van der Waals surface area (Å²) in [6.07, 6.45) is 1.33. The number of hydrogen-bond donors (Lipinski definition) is 0. The van der Waals surface area contributed by atoms with E-state index in [-0.39, 0.29) is 10.6 Å². The summed E-state index contributed by atoms with van der Waals surface area (Å²) >= 11 is 0. The van der Waals surface area contributed by atoms with Crippen LogP contribution in [0.25, 0.3) is 0 Å². The summed E-state index contributed by atoms with van der Waals surface area (Å²) in [6.45, 7) is 0. The van der Waals surface area contributed by atoms with Crippen molar-refractivity contribution in [1.29, 1.82) is 0 Å². The predicted octanol–water partition coefficient (Wildman–Crippen LogP) is 0.798. The third-order valence-corrected chi connectivity index (χ3v) is 4.17. The maximum atomic E-state index is 12.1. The van der Waals surface area contributed by atoms with Gasteiger partial charge in [0.25, 0.3) is 0 Å². The van der Waals surface area contributed by atoms with Crippen LogP contribution in [-0.2, 0) is 22.6 Å². The number of ether oxygens (including phenoxy) is 1. The second-order valence-electron chi connectivity index (χ2n) is 3.73. The molecule has 0 amide bonds. The SMILES string of the molecule is COc1ccc(S(=O)(=O)Cc2ncnn2C)cc1. The molecule has 18 heavy (non-hydrogen) atoms. The number of sulfone groups is 1. The smallest absolute Gasteiger partial charge is 0.185 e. The van der Waals surface area contributed by atoms with Crippen molar-refractivity contribution in [2.75, 3.05) is 7.11 Å². The summed E-state index contributed by atoms with van der Waals surface area (Å²) in [4.78, 5) is 4.15. The zero-order chi connectivity index (χ0) is 13.2. The van der Waals surface area contributed by atoms with E-state index >= 15 is 0 Å². The van der Waals surface area contributed by atoms with Crippen LogP contribution in [0.4, 0.5) is 0 Å². The average Bonchev–Trinajstić information content (AvgIpc) is 2.74. The van der Waals surface area contributed by atoms with Gasteiger partial charge in [0.15, 0.2) is 9.84 Å². The molecule has 0 unspecified atom stereocenters. The molecule has 2 aromatic rings. The van der Waals surface area contributed by atoms with E-state index in [9.17, 15) is 8.42 Å². The maximum absolute atomic E-state index is 12.1. The van der Waals surface area contributed by atoms with Crippen molar-refractivity contribution in [3.05, 3.63) is 36.4 Å². The Balaban J connectivity index is 2.28. The van der Waals surface area contributed by atoms with Gasteiger partial charge in [-0.15, -0.1) is 0 Å². The molecule has 1 heterocycles. The number of aryl methyl sites for hydroxylation is 1. The number of methoxy groups -OCH3 is 1. The fourth-order valence-corrected chi connectivity index (χ4v) is 2.81. The van der Waals surface area contributed by atoms with E-state index in [1.54, 1.807) is 19.2 Å². The molecule has 0 fully saturated rings. The first-order valence-corrected chi connectivity index (χ1v) is 6.88. The first-order valence-electron chi connectivity index (χ1n) is 5.22. The number of aromatic nitrogens is 3. The summed E-state index contributed by atoms with van der Waals surface area (Å²) in [7, 11) is -0.220. The van der Waals surface area contributed by atoms with Crippen molar-refractivity contribution in [3.8, 4) is 5.75 Å². The van der Waals surface area contributed by atoms with Crippen molar-refractivity contribution in [3.63, 3.8) is 0 Å². The summed E-state index contributed by atoms with van der Waals surface area (Å²) in [5.74, 6) is 0.856. The summed E-state index contributed by atoms with van der Waals surface area (Å²) in [6, 6.07) is 6.27. The molecule has 0 atom stereocenters. The van der Waals surface area contributed by atoms with E-state index in [4.69, 9.17) is 4.74 Å². The lowest BCUT2D eigenvalue weighted by atomic mass is 10.3. The van der Waals surface area contributed by atoms with Gasteiger partial charge in [0.05, 0.1) is 12.0 Å². The van der Waals surface area contributed by atoms with Crippen LogP contribution in [-0.4, -0.2) is 30.3 Å². The van der Waals surface area contributed by atoms with Crippen molar-refractivity contribution >= 4 is 9.84 Å². The third kappa shape index (κ3) is 2.51.